The molecule has 1 fully saturated rings. The second kappa shape index (κ2) is 3.40. The van der Waals surface area contributed by atoms with E-state index in [2.05, 4.69) is 23.9 Å². The first-order chi connectivity index (χ1) is 8.49. The zero-order chi connectivity index (χ0) is 13.0. The highest BCUT2D eigenvalue weighted by Crippen LogP contribution is 2.67. The highest BCUT2D eigenvalue weighted by molar-refractivity contribution is 5.45. The van der Waals surface area contributed by atoms with Gasteiger partial charge in [0.25, 0.3) is 0 Å². The molecule has 1 aromatic carbocycles. The van der Waals surface area contributed by atoms with Gasteiger partial charge in [-0.2, -0.15) is 5.10 Å². The van der Waals surface area contributed by atoms with Crippen molar-refractivity contribution in [1.29, 1.82) is 0 Å². The van der Waals surface area contributed by atoms with Gasteiger partial charge in [-0.05, 0) is 17.9 Å². The van der Waals surface area contributed by atoms with Crippen LogP contribution < -0.4 is 0 Å². The van der Waals surface area contributed by atoms with E-state index in [1.807, 2.05) is 19.2 Å². The van der Waals surface area contributed by atoms with Crippen LogP contribution in [0.25, 0.3) is 0 Å². The fraction of sp³-hybridized carbons (Fsp3) is 0.429. The molecule has 1 aliphatic rings. The maximum Gasteiger partial charge on any atom is 0.138 e. The molecule has 1 aliphatic carbocycles. The van der Waals surface area contributed by atoms with Crippen molar-refractivity contribution in [3.05, 3.63) is 47.8 Å². The summed E-state index contributed by atoms with van der Waals surface area (Å²) in [5.74, 6) is 0.684. The van der Waals surface area contributed by atoms with E-state index in [1.54, 1.807) is 10.7 Å². The monoisotopic (exact) mass is 245 g/mol. The Hall–Kier alpha value is -1.71. The van der Waals surface area contributed by atoms with Crippen LogP contribution in [0.5, 0.6) is 0 Å². The maximum atomic E-state index is 14.1. The van der Waals surface area contributed by atoms with E-state index in [4.69, 9.17) is 0 Å². The van der Waals surface area contributed by atoms with Gasteiger partial charge in [-0.1, -0.05) is 32.0 Å². The van der Waals surface area contributed by atoms with Crippen LogP contribution in [0.15, 0.2) is 30.6 Å². The molecule has 0 aliphatic heterocycles. The van der Waals surface area contributed by atoms with Crippen LogP contribution in [0.2, 0.25) is 0 Å². The zero-order valence-electron chi connectivity index (χ0n) is 10.8. The molecule has 0 N–H and O–H groups in total. The Balaban J connectivity index is 2.23. The largest absolute Gasteiger partial charge is 0.252 e. The molecule has 2 aromatic rings. The Morgan fingerprint density at radius 2 is 1.94 bits per heavy atom. The Labute approximate surface area is 106 Å². The lowest BCUT2D eigenvalue weighted by atomic mass is 9.86. The average Bonchev–Trinajstić information content (AvgIpc) is 2.68. The number of benzene rings is 1. The molecule has 4 heteroatoms. The third-order valence-electron chi connectivity index (χ3n) is 4.16. The molecule has 18 heavy (non-hydrogen) atoms. The minimum absolute atomic E-state index is 0.00991. The normalized spacial score (nSPS) is 25.1. The first kappa shape index (κ1) is 11.4. The van der Waals surface area contributed by atoms with Crippen LogP contribution in [0, 0.1) is 11.2 Å². The summed E-state index contributed by atoms with van der Waals surface area (Å²) in [5, 5.41) is 4.13. The Morgan fingerprint density at radius 3 is 2.44 bits per heavy atom. The van der Waals surface area contributed by atoms with E-state index in [-0.39, 0.29) is 16.6 Å². The summed E-state index contributed by atoms with van der Waals surface area (Å²) in [6.07, 6.45) is 2.43. The van der Waals surface area contributed by atoms with E-state index < -0.39 is 0 Å². The van der Waals surface area contributed by atoms with Crippen molar-refractivity contribution in [2.45, 2.75) is 25.7 Å². The molecule has 0 radical (unpaired) electrons. The van der Waals surface area contributed by atoms with Gasteiger partial charge in [0.2, 0.25) is 0 Å². The van der Waals surface area contributed by atoms with Gasteiger partial charge in [-0.15, -0.1) is 0 Å². The predicted molar refractivity (Wildman–Crippen MR) is 66.6 cm³/mol. The number of aryl methyl sites for hydroxylation is 1. The summed E-state index contributed by atoms with van der Waals surface area (Å²) in [5.41, 5.74) is 0.394. The van der Waals surface area contributed by atoms with Crippen molar-refractivity contribution in [1.82, 2.24) is 14.8 Å². The highest BCUT2D eigenvalue weighted by atomic mass is 19.1. The first-order valence-electron chi connectivity index (χ1n) is 6.08. The molecule has 0 bridgehead atoms. The Morgan fingerprint density at radius 1 is 1.28 bits per heavy atom. The lowest BCUT2D eigenvalue weighted by Gasteiger charge is -2.20. The van der Waals surface area contributed by atoms with Gasteiger partial charge in [0.15, 0.2) is 0 Å². The summed E-state index contributed by atoms with van der Waals surface area (Å²) in [6, 6.07) is 6.98. The molecular weight excluding hydrogens is 229 g/mol. The first-order valence-corrected chi connectivity index (χ1v) is 6.08. The van der Waals surface area contributed by atoms with Crippen molar-refractivity contribution in [2.24, 2.45) is 12.5 Å². The van der Waals surface area contributed by atoms with E-state index in [1.165, 1.54) is 12.4 Å². The summed E-state index contributed by atoms with van der Waals surface area (Å²) in [6.45, 7) is 4.29. The number of aromatic nitrogens is 3. The molecule has 1 aromatic heterocycles. The molecule has 0 amide bonds. The summed E-state index contributed by atoms with van der Waals surface area (Å²) in [7, 11) is 1.86. The van der Waals surface area contributed by atoms with E-state index in [0.717, 1.165) is 17.8 Å². The van der Waals surface area contributed by atoms with Gasteiger partial charge >= 0.3 is 0 Å². The molecule has 0 spiro atoms. The zero-order valence-corrected chi connectivity index (χ0v) is 10.8. The highest BCUT2D eigenvalue weighted by Gasteiger charge is 2.66. The molecule has 0 saturated heterocycles. The minimum Gasteiger partial charge on any atom is -0.252 e. The summed E-state index contributed by atoms with van der Waals surface area (Å²) >= 11 is 0. The number of halogens is 1. The summed E-state index contributed by atoms with van der Waals surface area (Å²) < 4.78 is 15.9. The lowest BCUT2D eigenvalue weighted by molar-refractivity contribution is 0.486. The van der Waals surface area contributed by atoms with Gasteiger partial charge < -0.3 is 0 Å². The van der Waals surface area contributed by atoms with Crippen LogP contribution >= 0.6 is 0 Å². The van der Waals surface area contributed by atoms with Crippen molar-refractivity contribution in [3.8, 4) is 0 Å². The molecule has 1 atom stereocenters. The topological polar surface area (TPSA) is 30.7 Å². The fourth-order valence-corrected chi connectivity index (χ4v) is 3.07. The predicted octanol–water partition coefficient (Wildman–Crippen LogP) is 2.67. The minimum atomic E-state index is -0.344. The van der Waals surface area contributed by atoms with Crippen LogP contribution in [-0.4, -0.2) is 14.8 Å². The Kier molecular flexibility index (Phi) is 2.15. The van der Waals surface area contributed by atoms with Crippen LogP contribution in [-0.2, 0) is 12.5 Å². The van der Waals surface area contributed by atoms with Gasteiger partial charge in [-0.3, -0.25) is 4.68 Å². The van der Waals surface area contributed by atoms with Crippen LogP contribution in [0.4, 0.5) is 4.39 Å². The molecule has 3 nitrogen and oxygen atoms in total. The van der Waals surface area contributed by atoms with Gasteiger partial charge in [0.05, 0.1) is 5.41 Å². The number of hydrogen-bond acceptors (Lipinski definition) is 2. The SMILES string of the molecule is Cn1ncnc1C1(c2ccccc2F)CC1(C)C. The molecule has 94 valence electrons. The quantitative estimate of drug-likeness (QED) is 0.814. The second-order valence-electron chi connectivity index (χ2n) is 5.65. The van der Waals surface area contributed by atoms with Gasteiger partial charge in [0.1, 0.15) is 18.0 Å². The van der Waals surface area contributed by atoms with Crippen molar-refractivity contribution < 1.29 is 4.39 Å². The number of hydrogen-bond donors (Lipinski definition) is 0. The molecule has 1 heterocycles. The molecule has 3 rings (SSSR count). The van der Waals surface area contributed by atoms with Gasteiger partial charge in [-0.25, -0.2) is 9.37 Å². The number of rotatable bonds is 2. The average molecular weight is 245 g/mol. The van der Waals surface area contributed by atoms with Crippen molar-refractivity contribution in [3.63, 3.8) is 0 Å². The molecular formula is C14H16FN3. The number of nitrogens with zero attached hydrogens (tertiary/aromatic N) is 3. The molecule has 1 saturated carbocycles. The summed E-state index contributed by atoms with van der Waals surface area (Å²) in [4.78, 5) is 4.35. The molecule has 1 unspecified atom stereocenters. The third kappa shape index (κ3) is 1.29. The third-order valence-corrected chi connectivity index (χ3v) is 4.16. The van der Waals surface area contributed by atoms with E-state index in [9.17, 15) is 4.39 Å². The lowest BCUT2D eigenvalue weighted by Crippen LogP contribution is -2.22. The van der Waals surface area contributed by atoms with Crippen molar-refractivity contribution >= 4 is 0 Å². The maximum absolute atomic E-state index is 14.1. The standard InChI is InChI=1S/C14H16FN3/c1-13(2)8-14(13,12-16-9-17-18(12)3)10-6-4-5-7-11(10)15/h4-7,9H,8H2,1-3H3. The van der Waals surface area contributed by atoms with Crippen LogP contribution in [0.3, 0.4) is 0 Å². The Bertz CT molecular complexity index is 603. The second-order valence-corrected chi connectivity index (χ2v) is 5.65. The fourth-order valence-electron chi connectivity index (χ4n) is 3.07. The van der Waals surface area contributed by atoms with Crippen molar-refractivity contribution in [2.75, 3.05) is 0 Å². The van der Waals surface area contributed by atoms with E-state index >= 15 is 0 Å². The van der Waals surface area contributed by atoms with Gasteiger partial charge in [0, 0.05) is 12.6 Å². The van der Waals surface area contributed by atoms with Crippen LogP contribution in [0.1, 0.15) is 31.7 Å². The van der Waals surface area contributed by atoms with E-state index in [0.29, 0.717) is 0 Å². The smallest absolute Gasteiger partial charge is 0.138 e.